The molecule has 0 bridgehead atoms. The zero-order chi connectivity index (χ0) is 19.9. The molecule has 1 amide bonds. The van der Waals surface area contributed by atoms with Gasteiger partial charge in [-0.05, 0) is 37.1 Å². The smallest absolute Gasteiger partial charge is 0.250 e. The lowest BCUT2D eigenvalue weighted by Gasteiger charge is -2.23. The number of carbonyl (C=O) groups is 1. The summed E-state index contributed by atoms with van der Waals surface area (Å²) < 4.78 is 0. The molecule has 0 fully saturated rings. The zero-order valence-corrected chi connectivity index (χ0v) is 17.4. The monoisotopic (exact) mass is 414 g/mol. The summed E-state index contributed by atoms with van der Waals surface area (Å²) in [5.41, 5.74) is 15.9. The molecule has 1 aromatic heterocycles. The van der Waals surface area contributed by atoms with Crippen LogP contribution in [0, 0.1) is 0 Å². The number of amides is 1. The van der Waals surface area contributed by atoms with Crippen LogP contribution in [0.2, 0.25) is 0 Å². The average Bonchev–Trinajstić information content (AvgIpc) is 2.88. The normalized spacial score (nSPS) is 12.8. The van der Waals surface area contributed by atoms with E-state index in [0.29, 0.717) is 37.5 Å². The van der Waals surface area contributed by atoms with E-state index < -0.39 is 0 Å². The van der Waals surface area contributed by atoms with Crippen LogP contribution < -0.4 is 11.5 Å². The minimum absolute atomic E-state index is 0. The Morgan fingerprint density at radius 3 is 2.62 bits per heavy atom. The van der Waals surface area contributed by atoms with Gasteiger partial charge in [-0.3, -0.25) is 4.79 Å². The molecule has 0 unspecified atom stereocenters. The molecule has 0 spiro atoms. The van der Waals surface area contributed by atoms with Gasteiger partial charge in [0.1, 0.15) is 12.2 Å². The molecule has 0 aliphatic carbocycles. The summed E-state index contributed by atoms with van der Waals surface area (Å²) in [7, 11) is 0. The van der Waals surface area contributed by atoms with E-state index in [1.165, 1.54) is 6.33 Å². The molecule has 2 heterocycles. The molecular formula is C21H27ClN6O. The highest BCUT2D eigenvalue weighted by Gasteiger charge is 2.21. The first-order valence-corrected chi connectivity index (χ1v) is 9.54. The first kappa shape index (κ1) is 22.5. The SMILES string of the molecule is CCCN(CCCN)C(=O)C1=Cc2ccc(-c3cncnc3)cc2N=C(N)C1.Cl. The summed E-state index contributed by atoms with van der Waals surface area (Å²) in [5.74, 6) is 0.428. The van der Waals surface area contributed by atoms with Gasteiger partial charge >= 0.3 is 0 Å². The van der Waals surface area contributed by atoms with Gasteiger partial charge in [0.25, 0.3) is 0 Å². The van der Waals surface area contributed by atoms with Gasteiger partial charge in [0.2, 0.25) is 5.91 Å². The van der Waals surface area contributed by atoms with E-state index in [0.717, 1.165) is 35.2 Å². The van der Waals surface area contributed by atoms with E-state index in [-0.39, 0.29) is 18.3 Å². The first-order valence-electron chi connectivity index (χ1n) is 9.54. The van der Waals surface area contributed by atoms with Crippen molar-refractivity contribution in [2.45, 2.75) is 26.2 Å². The summed E-state index contributed by atoms with van der Waals surface area (Å²) in [6.07, 6.45) is 8.91. The number of fused-ring (bicyclic) bond motifs is 1. The highest BCUT2D eigenvalue weighted by atomic mass is 35.5. The molecule has 0 radical (unpaired) electrons. The van der Waals surface area contributed by atoms with Gasteiger partial charge in [0.15, 0.2) is 0 Å². The number of aromatic nitrogens is 2. The number of rotatable bonds is 7. The molecular weight excluding hydrogens is 388 g/mol. The standard InChI is InChI=1S/C21H26N6O.ClH/c1-2-7-27(8-3-6-22)21(28)17-9-16-5-4-15(18-12-24-14-25-13-18)10-19(16)26-20(23)11-17;/h4-5,9-10,12-14H,2-3,6-8,11,22H2,1H3,(H2,23,26);1H. The Balaban J connectivity index is 0.00000300. The van der Waals surface area contributed by atoms with E-state index >= 15 is 0 Å². The Kier molecular flexibility index (Phi) is 8.30. The van der Waals surface area contributed by atoms with Crippen LogP contribution in [0.1, 0.15) is 31.7 Å². The van der Waals surface area contributed by atoms with E-state index in [1.807, 2.05) is 29.2 Å². The fourth-order valence-electron chi connectivity index (χ4n) is 3.23. The summed E-state index contributed by atoms with van der Waals surface area (Å²) in [6, 6.07) is 5.88. The maximum Gasteiger partial charge on any atom is 0.250 e. The number of halogens is 1. The minimum Gasteiger partial charge on any atom is -0.387 e. The maximum atomic E-state index is 13.1. The third kappa shape index (κ3) is 5.62. The Morgan fingerprint density at radius 1 is 1.17 bits per heavy atom. The van der Waals surface area contributed by atoms with Crippen molar-refractivity contribution in [3.05, 3.63) is 48.1 Å². The number of hydrogen-bond acceptors (Lipinski definition) is 6. The number of nitrogens with zero attached hydrogens (tertiary/aromatic N) is 4. The zero-order valence-electron chi connectivity index (χ0n) is 16.5. The molecule has 3 rings (SSSR count). The number of benzene rings is 1. The molecule has 1 aliphatic heterocycles. The van der Waals surface area contributed by atoms with Gasteiger partial charge in [0.05, 0.1) is 5.69 Å². The van der Waals surface area contributed by atoms with Crippen LogP contribution in [0.4, 0.5) is 5.69 Å². The molecule has 7 nitrogen and oxygen atoms in total. The molecule has 0 atom stereocenters. The molecule has 1 aliphatic rings. The van der Waals surface area contributed by atoms with Crippen molar-refractivity contribution in [1.29, 1.82) is 0 Å². The van der Waals surface area contributed by atoms with E-state index in [2.05, 4.69) is 21.9 Å². The van der Waals surface area contributed by atoms with Crippen LogP contribution in [0.15, 0.2) is 47.5 Å². The summed E-state index contributed by atoms with van der Waals surface area (Å²) in [4.78, 5) is 27.6. The Bertz CT molecular complexity index is 897. The van der Waals surface area contributed by atoms with Gasteiger partial charge in [-0.15, -0.1) is 12.4 Å². The number of amidine groups is 1. The summed E-state index contributed by atoms with van der Waals surface area (Å²) >= 11 is 0. The topological polar surface area (TPSA) is 110 Å². The predicted octanol–water partition coefficient (Wildman–Crippen LogP) is 2.93. The molecule has 0 saturated carbocycles. The number of hydrogen-bond donors (Lipinski definition) is 2. The number of carbonyl (C=O) groups excluding carboxylic acids is 1. The van der Waals surface area contributed by atoms with Crippen LogP contribution >= 0.6 is 12.4 Å². The Hall–Kier alpha value is -2.77. The van der Waals surface area contributed by atoms with Gasteiger partial charge in [-0.25, -0.2) is 15.0 Å². The average molecular weight is 415 g/mol. The second kappa shape index (κ2) is 10.7. The molecule has 154 valence electrons. The summed E-state index contributed by atoms with van der Waals surface area (Å²) in [5, 5.41) is 0. The molecule has 4 N–H and O–H groups in total. The fourth-order valence-corrected chi connectivity index (χ4v) is 3.23. The molecule has 29 heavy (non-hydrogen) atoms. The highest BCUT2D eigenvalue weighted by Crippen LogP contribution is 2.31. The molecule has 8 heteroatoms. The van der Waals surface area contributed by atoms with Gasteiger partial charge in [0, 0.05) is 48.6 Å². The van der Waals surface area contributed by atoms with Crippen molar-refractivity contribution in [2.75, 3.05) is 19.6 Å². The number of aliphatic imine (C=N–C) groups is 1. The molecule has 2 aromatic rings. The van der Waals surface area contributed by atoms with E-state index in [1.54, 1.807) is 12.4 Å². The van der Waals surface area contributed by atoms with Crippen LogP contribution in [0.3, 0.4) is 0 Å². The quantitative estimate of drug-likeness (QED) is 0.723. The van der Waals surface area contributed by atoms with Gasteiger partial charge in [-0.1, -0.05) is 19.1 Å². The van der Waals surface area contributed by atoms with Crippen molar-refractivity contribution < 1.29 is 4.79 Å². The van der Waals surface area contributed by atoms with Crippen molar-refractivity contribution in [3.63, 3.8) is 0 Å². The Morgan fingerprint density at radius 2 is 1.93 bits per heavy atom. The third-order valence-electron chi connectivity index (χ3n) is 4.58. The van der Waals surface area contributed by atoms with Crippen molar-refractivity contribution in [2.24, 2.45) is 16.5 Å². The highest BCUT2D eigenvalue weighted by molar-refractivity contribution is 6.05. The lowest BCUT2D eigenvalue weighted by molar-refractivity contribution is -0.127. The summed E-state index contributed by atoms with van der Waals surface area (Å²) in [6.45, 7) is 3.97. The lowest BCUT2D eigenvalue weighted by Crippen LogP contribution is -2.35. The van der Waals surface area contributed by atoms with Crippen molar-refractivity contribution in [1.82, 2.24) is 14.9 Å². The van der Waals surface area contributed by atoms with Crippen LogP contribution in [0.25, 0.3) is 17.2 Å². The third-order valence-corrected chi connectivity index (χ3v) is 4.58. The van der Waals surface area contributed by atoms with Crippen LogP contribution in [-0.2, 0) is 4.79 Å². The lowest BCUT2D eigenvalue weighted by atomic mass is 10.0. The van der Waals surface area contributed by atoms with Crippen molar-refractivity contribution in [3.8, 4) is 11.1 Å². The minimum atomic E-state index is 0. The van der Waals surface area contributed by atoms with Gasteiger partial charge < -0.3 is 16.4 Å². The number of nitrogens with two attached hydrogens (primary N) is 2. The van der Waals surface area contributed by atoms with Crippen molar-refractivity contribution >= 4 is 35.9 Å². The fraction of sp³-hybridized carbons (Fsp3) is 0.333. The van der Waals surface area contributed by atoms with Crippen LogP contribution in [0.5, 0.6) is 0 Å². The molecule has 1 aromatic carbocycles. The molecule has 0 saturated heterocycles. The predicted molar refractivity (Wildman–Crippen MR) is 119 cm³/mol. The van der Waals surface area contributed by atoms with Gasteiger partial charge in [-0.2, -0.15) is 0 Å². The second-order valence-corrected chi connectivity index (χ2v) is 6.78. The van der Waals surface area contributed by atoms with Crippen LogP contribution in [-0.4, -0.2) is 46.2 Å². The first-order chi connectivity index (χ1) is 13.6. The van der Waals surface area contributed by atoms with E-state index in [9.17, 15) is 4.79 Å². The second-order valence-electron chi connectivity index (χ2n) is 6.78. The maximum absolute atomic E-state index is 13.1. The van der Waals surface area contributed by atoms with E-state index in [4.69, 9.17) is 11.5 Å². The Labute approximate surface area is 177 Å². The largest absolute Gasteiger partial charge is 0.387 e.